The average molecular weight is 154 g/mol. The van der Waals surface area contributed by atoms with Crippen LogP contribution in [0.25, 0.3) is 0 Å². The van der Waals surface area contributed by atoms with Crippen molar-refractivity contribution in [2.75, 3.05) is 0 Å². The maximum absolute atomic E-state index is 8.98. The van der Waals surface area contributed by atoms with E-state index in [1.54, 1.807) is 6.92 Å². The number of aliphatic hydroxyl groups excluding tert-OH is 1. The SMILES string of the molecule is Cc1ccc(CC[C@H](C)O)o1. The van der Waals surface area contributed by atoms with Gasteiger partial charge in [0.2, 0.25) is 0 Å². The topological polar surface area (TPSA) is 33.4 Å². The summed E-state index contributed by atoms with van der Waals surface area (Å²) in [6, 6.07) is 3.90. The van der Waals surface area contributed by atoms with Crippen LogP contribution < -0.4 is 0 Å². The second kappa shape index (κ2) is 3.58. The highest BCUT2D eigenvalue weighted by Crippen LogP contribution is 2.09. The number of aryl methyl sites for hydroxylation is 2. The van der Waals surface area contributed by atoms with Gasteiger partial charge in [0.15, 0.2) is 0 Å². The monoisotopic (exact) mass is 154 g/mol. The lowest BCUT2D eigenvalue weighted by Crippen LogP contribution is -2.00. The fourth-order valence-corrected chi connectivity index (χ4v) is 0.971. The van der Waals surface area contributed by atoms with Gasteiger partial charge in [-0.05, 0) is 32.4 Å². The molecule has 1 heterocycles. The van der Waals surface area contributed by atoms with Gasteiger partial charge < -0.3 is 9.52 Å². The zero-order valence-corrected chi connectivity index (χ0v) is 7.00. The van der Waals surface area contributed by atoms with Crippen LogP contribution in [0.15, 0.2) is 16.5 Å². The number of furan rings is 1. The van der Waals surface area contributed by atoms with Gasteiger partial charge in [-0.2, -0.15) is 0 Å². The molecule has 0 saturated carbocycles. The lowest BCUT2D eigenvalue weighted by molar-refractivity contribution is 0.182. The summed E-state index contributed by atoms with van der Waals surface area (Å²) in [6.07, 6.45) is 1.36. The first-order chi connectivity index (χ1) is 5.18. The fourth-order valence-electron chi connectivity index (χ4n) is 0.971. The van der Waals surface area contributed by atoms with E-state index in [4.69, 9.17) is 9.52 Å². The van der Waals surface area contributed by atoms with Crippen molar-refractivity contribution in [3.63, 3.8) is 0 Å². The molecule has 0 amide bonds. The van der Waals surface area contributed by atoms with Gasteiger partial charge in [-0.25, -0.2) is 0 Å². The highest BCUT2D eigenvalue weighted by molar-refractivity contribution is 5.05. The molecule has 62 valence electrons. The molecule has 1 aromatic heterocycles. The number of rotatable bonds is 3. The highest BCUT2D eigenvalue weighted by atomic mass is 16.3. The molecule has 0 aliphatic heterocycles. The van der Waals surface area contributed by atoms with E-state index in [9.17, 15) is 0 Å². The molecule has 0 fully saturated rings. The molecule has 1 N–H and O–H groups in total. The van der Waals surface area contributed by atoms with Crippen LogP contribution in [0.3, 0.4) is 0 Å². The van der Waals surface area contributed by atoms with Gasteiger partial charge >= 0.3 is 0 Å². The quantitative estimate of drug-likeness (QED) is 0.721. The third-order valence-electron chi connectivity index (χ3n) is 1.60. The molecule has 2 nitrogen and oxygen atoms in total. The van der Waals surface area contributed by atoms with Gasteiger partial charge in [0.1, 0.15) is 11.5 Å². The molecule has 0 aliphatic rings. The van der Waals surface area contributed by atoms with E-state index in [1.165, 1.54) is 0 Å². The Kier molecular flexibility index (Phi) is 2.71. The molecule has 1 rings (SSSR count). The van der Waals surface area contributed by atoms with Crippen molar-refractivity contribution in [2.45, 2.75) is 32.8 Å². The standard InChI is InChI=1S/C9H14O2/c1-7(10)3-5-9-6-4-8(2)11-9/h4,6-7,10H,3,5H2,1-2H3/t7-/m0/s1. The first-order valence-electron chi connectivity index (χ1n) is 3.92. The molecular weight excluding hydrogens is 140 g/mol. The van der Waals surface area contributed by atoms with Crippen LogP contribution in [0.4, 0.5) is 0 Å². The molecule has 0 aliphatic carbocycles. The summed E-state index contributed by atoms with van der Waals surface area (Å²) in [5.74, 6) is 1.90. The summed E-state index contributed by atoms with van der Waals surface area (Å²) in [4.78, 5) is 0. The van der Waals surface area contributed by atoms with E-state index in [-0.39, 0.29) is 6.10 Å². The molecule has 0 saturated heterocycles. The first-order valence-corrected chi connectivity index (χ1v) is 3.92. The lowest BCUT2D eigenvalue weighted by Gasteiger charge is -1.99. The molecule has 0 spiro atoms. The van der Waals surface area contributed by atoms with Crippen molar-refractivity contribution in [1.29, 1.82) is 0 Å². The summed E-state index contributed by atoms with van der Waals surface area (Å²) >= 11 is 0. The van der Waals surface area contributed by atoms with E-state index in [2.05, 4.69) is 0 Å². The van der Waals surface area contributed by atoms with Gasteiger partial charge in [0, 0.05) is 6.42 Å². The van der Waals surface area contributed by atoms with Crippen molar-refractivity contribution < 1.29 is 9.52 Å². The van der Waals surface area contributed by atoms with Crippen molar-refractivity contribution in [1.82, 2.24) is 0 Å². The maximum atomic E-state index is 8.98. The van der Waals surface area contributed by atoms with E-state index >= 15 is 0 Å². The van der Waals surface area contributed by atoms with Crippen LogP contribution in [0.1, 0.15) is 24.9 Å². The summed E-state index contributed by atoms with van der Waals surface area (Å²) in [5, 5.41) is 8.98. The number of hydrogen-bond acceptors (Lipinski definition) is 2. The summed E-state index contributed by atoms with van der Waals surface area (Å²) in [7, 11) is 0. The van der Waals surface area contributed by atoms with Crippen LogP contribution >= 0.6 is 0 Å². The van der Waals surface area contributed by atoms with Gasteiger partial charge in [0.05, 0.1) is 6.10 Å². The predicted molar refractivity (Wildman–Crippen MR) is 43.4 cm³/mol. The van der Waals surface area contributed by atoms with Crippen LogP contribution in [-0.2, 0) is 6.42 Å². The summed E-state index contributed by atoms with van der Waals surface area (Å²) in [6.45, 7) is 3.71. The normalized spacial score (nSPS) is 13.4. The summed E-state index contributed by atoms with van der Waals surface area (Å²) in [5.41, 5.74) is 0. The first kappa shape index (κ1) is 8.34. The zero-order valence-electron chi connectivity index (χ0n) is 7.00. The van der Waals surface area contributed by atoms with Crippen molar-refractivity contribution in [2.24, 2.45) is 0 Å². The Balaban J connectivity index is 2.39. The van der Waals surface area contributed by atoms with Crippen LogP contribution in [-0.4, -0.2) is 11.2 Å². The molecule has 1 aromatic rings. The van der Waals surface area contributed by atoms with Crippen molar-refractivity contribution >= 4 is 0 Å². The largest absolute Gasteiger partial charge is 0.466 e. The molecule has 0 unspecified atom stereocenters. The molecule has 11 heavy (non-hydrogen) atoms. The third-order valence-corrected chi connectivity index (χ3v) is 1.60. The number of aliphatic hydroxyl groups is 1. The molecular formula is C9H14O2. The molecule has 0 bridgehead atoms. The van der Waals surface area contributed by atoms with Gasteiger partial charge in [-0.1, -0.05) is 0 Å². The summed E-state index contributed by atoms with van der Waals surface area (Å²) < 4.78 is 5.32. The predicted octanol–water partition coefficient (Wildman–Crippen LogP) is 1.90. The van der Waals surface area contributed by atoms with E-state index in [0.29, 0.717) is 0 Å². The average Bonchev–Trinajstić information content (AvgIpc) is 2.31. The Morgan fingerprint density at radius 1 is 1.55 bits per heavy atom. The van der Waals surface area contributed by atoms with Gasteiger partial charge in [0.25, 0.3) is 0 Å². The van der Waals surface area contributed by atoms with Gasteiger partial charge in [-0.3, -0.25) is 0 Å². The van der Waals surface area contributed by atoms with Crippen LogP contribution in [0, 0.1) is 6.92 Å². The lowest BCUT2D eigenvalue weighted by atomic mass is 10.2. The second-order valence-corrected chi connectivity index (χ2v) is 2.90. The highest BCUT2D eigenvalue weighted by Gasteiger charge is 2.00. The Morgan fingerprint density at radius 3 is 2.73 bits per heavy atom. The van der Waals surface area contributed by atoms with Crippen LogP contribution in [0.5, 0.6) is 0 Å². The smallest absolute Gasteiger partial charge is 0.104 e. The zero-order chi connectivity index (χ0) is 8.27. The van der Waals surface area contributed by atoms with Gasteiger partial charge in [-0.15, -0.1) is 0 Å². The third kappa shape index (κ3) is 2.76. The van der Waals surface area contributed by atoms with E-state index < -0.39 is 0 Å². The fraction of sp³-hybridized carbons (Fsp3) is 0.556. The van der Waals surface area contributed by atoms with E-state index in [1.807, 2.05) is 19.1 Å². The minimum atomic E-state index is -0.236. The molecule has 0 radical (unpaired) electrons. The molecule has 1 atom stereocenters. The Labute approximate surface area is 66.8 Å². The maximum Gasteiger partial charge on any atom is 0.104 e. The minimum Gasteiger partial charge on any atom is -0.466 e. The Hall–Kier alpha value is -0.760. The second-order valence-electron chi connectivity index (χ2n) is 2.90. The molecule has 2 heteroatoms. The number of hydrogen-bond donors (Lipinski definition) is 1. The minimum absolute atomic E-state index is 0.236. The van der Waals surface area contributed by atoms with Crippen molar-refractivity contribution in [3.8, 4) is 0 Å². The Morgan fingerprint density at radius 2 is 2.27 bits per heavy atom. The molecule has 0 aromatic carbocycles. The van der Waals surface area contributed by atoms with Crippen LogP contribution in [0.2, 0.25) is 0 Å². The Bertz CT molecular complexity index is 213. The van der Waals surface area contributed by atoms with Crippen molar-refractivity contribution in [3.05, 3.63) is 23.7 Å². The van der Waals surface area contributed by atoms with E-state index in [0.717, 1.165) is 24.4 Å².